The van der Waals surface area contributed by atoms with Crippen LogP contribution in [0.5, 0.6) is 5.75 Å². The van der Waals surface area contributed by atoms with E-state index < -0.39 is 10.3 Å². The second-order valence-corrected chi connectivity index (χ2v) is 3.83. The molecule has 0 fully saturated rings. The summed E-state index contributed by atoms with van der Waals surface area (Å²) in [5.41, 5.74) is 0.213. The van der Waals surface area contributed by atoms with Crippen molar-refractivity contribution in [3.63, 3.8) is 0 Å². The van der Waals surface area contributed by atoms with E-state index in [0.29, 0.717) is 12.2 Å². The van der Waals surface area contributed by atoms with Gasteiger partial charge in [-0.15, -0.1) is 11.6 Å². The predicted molar refractivity (Wildman–Crippen MR) is 63.5 cm³/mol. The van der Waals surface area contributed by atoms with Gasteiger partial charge in [0.1, 0.15) is 5.38 Å². The highest BCUT2D eigenvalue weighted by molar-refractivity contribution is 6.30. The Labute approximate surface area is 103 Å². The highest BCUT2D eigenvalue weighted by Gasteiger charge is 2.20. The van der Waals surface area contributed by atoms with Gasteiger partial charge in [0.2, 0.25) is 0 Å². The molecule has 0 saturated carbocycles. The molecule has 0 aliphatic rings. The number of nitro groups is 1. The van der Waals surface area contributed by atoms with E-state index in [1.807, 2.05) is 0 Å². The number of hydrogen-bond acceptors (Lipinski definition) is 4. The highest BCUT2D eigenvalue weighted by atomic mass is 35.5. The van der Waals surface area contributed by atoms with Crippen molar-refractivity contribution in [2.24, 2.45) is 0 Å². The molecule has 17 heavy (non-hydrogen) atoms. The van der Waals surface area contributed by atoms with Crippen LogP contribution in [0.25, 0.3) is 0 Å². The zero-order valence-corrected chi connectivity index (χ0v) is 10.2. The van der Waals surface area contributed by atoms with Gasteiger partial charge in [-0.3, -0.25) is 14.9 Å². The molecule has 1 unspecified atom stereocenters. The maximum atomic E-state index is 11.1. The van der Waals surface area contributed by atoms with Crippen molar-refractivity contribution in [1.82, 2.24) is 0 Å². The average Bonchev–Trinajstić information content (AvgIpc) is 2.28. The van der Waals surface area contributed by atoms with Crippen LogP contribution in [0.1, 0.15) is 24.8 Å². The van der Waals surface area contributed by atoms with Crippen LogP contribution in [0.2, 0.25) is 0 Å². The number of carbonyl (C=O) groups is 1. The van der Waals surface area contributed by atoms with Crippen molar-refractivity contribution >= 4 is 23.1 Å². The smallest absolute Gasteiger partial charge is 0.311 e. The maximum Gasteiger partial charge on any atom is 0.311 e. The molecule has 5 nitrogen and oxygen atoms in total. The minimum atomic E-state index is -0.871. The number of carbonyl (C=O) groups excluding carboxylic acids is 1. The van der Waals surface area contributed by atoms with Crippen LogP contribution < -0.4 is 4.74 Å². The first-order valence-electron chi connectivity index (χ1n) is 5.03. The lowest BCUT2D eigenvalue weighted by Crippen LogP contribution is -2.04. The molecule has 0 radical (unpaired) electrons. The number of halogens is 1. The Kier molecular flexibility index (Phi) is 4.45. The third-order valence-corrected chi connectivity index (χ3v) is 2.69. The Hall–Kier alpha value is -1.62. The number of alkyl halides is 1. The summed E-state index contributed by atoms with van der Waals surface area (Å²) in [4.78, 5) is 21.4. The van der Waals surface area contributed by atoms with Crippen LogP contribution in [0.15, 0.2) is 18.2 Å². The van der Waals surface area contributed by atoms with Crippen molar-refractivity contribution in [2.75, 3.05) is 6.61 Å². The molecule has 6 heteroatoms. The van der Waals surface area contributed by atoms with Crippen molar-refractivity contribution in [3.8, 4) is 5.75 Å². The molecule has 1 atom stereocenters. The van der Waals surface area contributed by atoms with Crippen LogP contribution in [0.3, 0.4) is 0 Å². The Bertz CT molecular complexity index is 447. The first-order valence-corrected chi connectivity index (χ1v) is 5.46. The standard InChI is InChI=1S/C11H12ClNO4/c1-3-17-10-5-4-8(11(12)7(2)14)6-9(10)13(15)16/h4-6,11H,3H2,1-2H3. The van der Waals surface area contributed by atoms with E-state index in [4.69, 9.17) is 16.3 Å². The van der Waals surface area contributed by atoms with Gasteiger partial charge in [-0.05, 0) is 25.5 Å². The molecule has 0 N–H and O–H groups in total. The number of nitrogens with zero attached hydrogens (tertiary/aromatic N) is 1. The third kappa shape index (κ3) is 3.17. The fraction of sp³-hybridized carbons (Fsp3) is 0.364. The minimum absolute atomic E-state index is 0.175. The van der Waals surface area contributed by atoms with E-state index in [-0.39, 0.29) is 17.2 Å². The number of benzene rings is 1. The van der Waals surface area contributed by atoms with Gasteiger partial charge < -0.3 is 4.74 Å². The van der Waals surface area contributed by atoms with Crippen LogP contribution in [-0.4, -0.2) is 17.3 Å². The summed E-state index contributed by atoms with van der Waals surface area (Å²) in [6.45, 7) is 3.40. The zero-order valence-electron chi connectivity index (χ0n) is 9.47. The topological polar surface area (TPSA) is 69.4 Å². The molecule has 1 rings (SSSR count). The zero-order chi connectivity index (χ0) is 13.0. The van der Waals surface area contributed by atoms with E-state index in [9.17, 15) is 14.9 Å². The molecular weight excluding hydrogens is 246 g/mol. The molecule has 0 aromatic heterocycles. The van der Waals surface area contributed by atoms with Crippen molar-refractivity contribution in [1.29, 1.82) is 0 Å². The number of ketones is 1. The van der Waals surface area contributed by atoms with Crippen molar-refractivity contribution in [2.45, 2.75) is 19.2 Å². The van der Waals surface area contributed by atoms with Gasteiger partial charge in [0.15, 0.2) is 11.5 Å². The Morgan fingerprint density at radius 3 is 2.71 bits per heavy atom. The van der Waals surface area contributed by atoms with E-state index >= 15 is 0 Å². The number of ether oxygens (including phenoxy) is 1. The van der Waals surface area contributed by atoms with Gasteiger partial charge in [-0.1, -0.05) is 6.07 Å². The normalized spacial score (nSPS) is 11.9. The second-order valence-electron chi connectivity index (χ2n) is 3.39. The van der Waals surface area contributed by atoms with Gasteiger partial charge >= 0.3 is 5.69 Å². The van der Waals surface area contributed by atoms with Crippen LogP contribution in [-0.2, 0) is 4.79 Å². The van der Waals surface area contributed by atoms with Crippen LogP contribution in [0, 0.1) is 10.1 Å². The molecule has 0 amide bonds. The Balaban J connectivity index is 3.18. The molecule has 0 spiro atoms. The molecule has 1 aromatic rings. The lowest BCUT2D eigenvalue weighted by molar-refractivity contribution is -0.385. The van der Waals surface area contributed by atoms with Gasteiger partial charge in [0, 0.05) is 6.07 Å². The molecular formula is C11H12ClNO4. The number of nitro benzene ring substituents is 1. The van der Waals surface area contributed by atoms with Crippen LogP contribution >= 0.6 is 11.6 Å². The Morgan fingerprint density at radius 1 is 1.59 bits per heavy atom. The third-order valence-electron chi connectivity index (χ3n) is 2.13. The largest absolute Gasteiger partial charge is 0.487 e. The number of hydrogen-bond donors (Lipinski definition) is 0. The molecule has 0 aliphatic carbocycles. The summed E-state index contributed by atoms with van der Waals surface area (Å²) >= 11 is 5.83. The summed E-state index contributed by atoms with van der Waals surface area (Å²) in [6.07, 6.45) is 0. The Morgan fingerprint density at radius 2 is 2.24 bits per heavy atom. The fourth-order valence-electron chi connectivity index (χ4n) is 1.35. The molecule has 0 aliphatic heterocycles. The van der Waals surface area contributed by atoms with Gasteiger partial charge in [-0.2, -0.15) is 0 Å². The predicted octanol–water partition coefficient (Wildman–Crippen LogP) is 2.86. The molecule has 1 aromatic carbocycles. The molecule has 0 heterocycles. The monoisotopic (exact) mass is 257 g/mol. The lowest BCUT2D eigenvalue weighted by atomic mass is 10.1. The van der Waals surface area contributed by atoms with Crippen molar-refractivity contribution in [3.05, 3.63) is 33.9 Å². The minimum Gasteiger partial charge on any atom is -0.487 e. The summed E-state index contributed by atoms with van der Waals surface area (Å²) in [5.74, 6) is -0.0845. The molecule has 0 bridgehead atoms. The molecule has 92 valence electrons. The summed E-state index contributed by atoms with van der Waals surface area (Å²) < 4.78 is 5.12. The summed E-state index contributed by atoms with van der Waals surface area (Å²) in [7, 11) is 0. The maximum absolute atomic E-state index is 11.1. The summed E-state index contributed by atoms with van der Waals surface area (Å²) in [5, 5.41) is 9.97. The first-order chi connectivity index (χ1) is 7.97. The lowest BCUT2D eigenvalue weighted by Gasteiger charge is -2.08. The van der Waals surface area contributed by atoms with Crippen LogP contribution in [0.4, 0.5) is 5.69 Å². The number of rotatable bonds is 5. The molecule has 0 saturated heterocycles. The van der Waals surface area contributed by atoms with Gasteiger partial charge in [0.25, 0.3) is 0 Å². The second kappa shape index (κ2) is 5.63. The first kappa shape index (κ1) is 13.4. The fourth-order valence-corrected chi connectivity index (χ4v) is 1.48. The van der Waals surface area contributed by atoms with E-state index in [1.54, 1.807) is 13.0 Å². The SMILES string of the molecule is CCOc1ccc(C(Cl)C(C)=O)cc1[N+](=O)[O-]. The highest BCUT2D eigenvalue weighted by Crippen LogP contribution is 2.32. The van der Waals surface area contributed by atoms with Gasteiger partial charge in [0.05, 0.1) is 11.5 Å². The van der Waals surface area contributed by atoms with E-state index in [1.165, 1.54) is 19.1 Å². The average molecular weight is 258 g/mol. The van der Waals surface area contributed by atoms with Gasteiger partial charge in [-0.25, -0.2) is 0 Å². The number of Topliss-reactive ketones (excluding diaryl/α,β-unsaturated/α-hetero) is 1. The van der Waals surface area contributed by atoms with E-state index in [2.05, 4.69) is 0 Å². The van der Waals surface area contributed by atoms with Crippen molar-refractivity contribution < 1.29 is 14.5 Å². The van der Waals surface area contributed by atoms with E-state index in [0.717, 1.165) is 0 Å². The summed E-state index contributed by atoms with van der Waals surface area (Å²) in [6, 6.07) is 4.27. The quantitative estimate of drug-likeness (QED) is 0.462.